The molecule has 0 saturated carbocycles. The van der Waals surface area contributed by atoms with Crippen molar-refractivity contribution in [3.8, 4) is 0 Å². The van der Waals surface area contributed by atoms with Crippen LogP contribution in [-0.2, 0) is 4.79 Å². The number of hydrogen-bond acceptors (Lipinski definition) is 3. The van der Waals surface area contributed by atoms with Gasteiger partial charge in [-0.3, -0.25) is 9.69 Å². The monoisotopic (exact) mass is 173 g/mol. The van der Waals surface area contributed by atoms with Crippen LogP contribution in [0.1, 0.15) is 6.92 Å². The molecule has 4 nitrogen and oxygen atoms in total. The minimum Gasteiger partial charge on any atom is -0.481 e. The zero-order valence-electron chi connectivity index (χ0n) is 7.23. The third kappa shape index (κ3) is 1.95. The van der Waals surface area contributed by atoms with Crippen LogP contribution in [0, 0.1) is 11.8 Å². The quantitative estimate of drug-likeness (QED) is 0.611. The Labute approximate surface area is 71.8 Å². The van der Waals surface area contributed by atoms with Gasteiger partial charge in [0.1, 0.15) is 0 Å². The number of carboxylic acid groups (broad SMARTS) is 1. The van der Waals surface area contributed by atoms with Gasteiger partial charge in [0, 0.05) is 19.6 Å². The normalized spacial score (nSPS) is 30.8. The minimum absolute atomic E-state index is 0.110. The number of aliphatic hydroxyl groups is 1. The van der Waals surface area contributed by atoms with E-state index in [0.29, 0.717) is 13.1 Å². The van der Waals surface area contributed by atoms with Crippen LogP contribution >= 0.6 is 0 Å². The van der Waals surface area contributed by atoms with Gasteiger partial charge in [-0.05, 0) is 5.92 Å². The van der Waals surface area contributed by atoms with Crippen molar-refractivity contribution in [3.63, 3.8) is 0 Å². The van der Waals surface area contributed by atoms with Crippen LogP contribution < -0.4 is 0 Å². The summed E-state index contributed by atoms with van der Waals surface area (Å²) in [6.45, 7) is 4.01. The molecule has 1 heterocycles. The van der Waals surface area contributed by atoms with Gasteiger partial charge < -0.3 is 10.2 Å². The summed E-state index contributed by atoms with van der Waals surface area (Å²) in [5.41, 5.74) is 0. The van der Waals surface area contributed by atoms with Crippen LogP contribution in [0.4, 0.5) is 0 Å². The molecule has 0 aliphatic carbocycles. The van der Waals surface area contributed by atoms with Gasteiger partial charge in [-0.2, -0.15) is 0 Å². The number of likely N-dealkylation sites (tertiary alicyclic amines) is 1. The van der Waals surface area contributed by atoms with Crippen LogP contribution in [0.15, 0.2) is 0 Å². The van der Waals surface area contributed by atoms with Crippen molar-refractivity contribution in [2.45, 2.75) is 6.92 Å². The molecule has 0 unspecified atom stereocenters. The Bertz CT molecular complexity index is 172. The SMILES string of the molecule is C[C@@H]1CN(CCO)C[C@H]1C(=O)O. The van der Waals surface area contributed by atoms with Crippen LogP contribution in [0.3, 0.4) is 0 Å². The highest BCUT2D eigenvalue weighted by molar-refractivity contribution is 5.71. The molecule has 0 aromatic carbocycles. The molecular weight excluding hydrogens is 158 g/mol. The van der Waals surface area contributed by atoms with E-state index in [1.807, 2.05) is 11.8 Å². The van der Waals surface area contributed by atoms with Gasteiger partial charge in [0.25, 0.3) is 0 Å². The highest BCUT2D eigenvalue weighted by Gasteiger charge is 2.33. The summed E-state index contributed by atoms with van der Waals surface area (Å²) in [7, 11) is 0. The largest absolute Gasteiger partial charge is 0.481 e. The number of carbonyl (C=O) groups is 1. The van der Waals surface area contributed by atoms with Gasteiger partial charge >= 0.3 is 5.97 Å². The van der Waals surface area contributed by atoms with E-state index in [2.05, 4.69) is 0 Å². The molecule has 1 saturated heterocycles. The first kappa shape index (κ1) is 9.48. The number of hydrogen-bond donors (Lipinski definition) is 2. The van der Waals surface area contributed by atoms with E-state index in [9.17, 15) is 4.79 Å². The Morgan fingerprint density at radius 1 is 1.58 bits per heavy atom. The Hall–Kier alpha value is -0.610. The van der Waals surface area contributed by atoms with E-state index in [4.69, 9.17) is 10.2 Å². The number of β-amino-alcohol motifs (C(OH)–C–C–N with tert-alkyl or cyclic N) is 1. The maximum Gasteiger partial charge on any atom is 0.308 e. The lowest BCUT2D eigenvalue weighted by Crippen LogP contribution is -2.25. The zero-order chi connectivity index (χ0) is 9.14. The summed E-state index contributed by atoms with van der Waals surface area (Å²) >= 11 is 0. The predicted octanol–water partition coefficient (Wildman–Crippen LogP) is -0.369. The van der Waals surface area contributed by atoms with Crippen molar-refractivity contribution < 1.29 is 15.0 Å². The second-order valence-electron chi connectivity index (χ2n) is 3.41. The highest BCUT2D eigenvalue weighted by Crippen LogP contribution is 2.22. The van der Waals surface area contributed by atoms with Crippen molar-refractivity contribution in [1.29, 1.82) is 0 Å². The topological polar surface area (TPSA) is 60.8 Å². The van der Waals surface area contributed by atoms with Crippen molar-refractivity contribution in [3.05, 3.63) is 0 Å². The molecule has 2 atom stereocenters. The fourth-order valence-electron chi connectivity index (χ4n) is 1.71. The van der Waals surface area contributed by atoms with E-state index >= 15 is 0 Å². The van der Waals surface area contributed by atoms with E-state index in [1.165, 1.54) is 0 Å². The van der Waals surface area contributed by atoms with Gasteiger partial charge in [-0.15, -0.1) is 0 Å². The molecule has 0 bridgehead atoms. The fourth-order valence-corrected chi connectivity index (χ4v) is 1.71. The third-order valence-corrected chi connectivity index (χ3v) is 2.42. The number of aliphatic hydroxyl groups excluding tert-OH is 1. The molecule has 0 radical (unpaired) electrons. The van der Waals surface area contributed by atoms with Gasteiger partial charge in [-0.25, -0.2) is 0 Å². The predicted molar refractivity (Wildman–Crippen MR) is 43.8 cm³/mol. The Kier molecular flexibility index (Phi) is 3.05. The van der Waals surface area contributed by atoms with Crippen molar-refractivity contribution in [1.82, 2.24) is 4.90 Å². The van der Waals surface area contributed by atoms with E-state index < -0.39 is 5.97 Å². The van der Waals surface area contributed by atoms with Crippen molar-refractivity contribution >= 4 is 5.97 Å². The lowest BCUT2D eigenvalue weighted by atomic mass is 9.99. The summed E-state index contributed by atoms with van der Waals surface area (Å²) < 4.78 is 0. The molecule has 2 N–H and O–H groups in total. The van der Waals surface area contributed by atoms with Gasteiger partial charge in [-0.1, -0.05) is 6.92 Å². The first-order valence-electron chi connectivity index (χ1n) is 4.21. The summed E-state index contributed by atoms with van der Waals surface area (Å²) in [4.78, 5) is 12.7. The number of carboxylic acids is 1. The van der Waals surface area contributed by atoms with Crippen LogP contribution in [0.2, 0.25) is 0 Å². The number of aliphatic carboxylic acids is 1. The molecule has 1 aliphatic heterocycles. The molecule has 1 fully saturated rings. The van der Waals surface area contributed by atoms with Gasteiger partial charge in [0.15, 0.2) is 0 Å². The Morgan fingerprint density at radius 2 is 2.25 bits per heavy atom. The third-order valence-electron chi connectivity index (χ3n) is 2.42. The van der Waals surface area contributed by atoms with Gasteiger partial charge in [0.2, 0.25) is 0 Å². The van der Waals surface area contributed by atoms with Crippen molar-refractivity contribution in [2.75, 3.05) is 26.2 Å². The van der Waals surface area contributed by atoms with Crippen LogP contribution in [0.25, 0.3) is 0 Å². The molecule has 0 aromatic heterocycles. The first-order valence-corrected chi connectivity index (χ1v) is 4.21. The maximum atomic E-state index is 10.7. The highest BCUT2D eigenvalue weighted by atomic mass is 16.4. The molecule has 12 heavy (non-hydrogen) atoms. The molecule has 1 rings (SSSR count). The average molecular weight is 173 g/mol. The van der Waals surface area contributed by atoms with Crippen LogP contribution in [-0.4, -0.2) is 47.3 Å². The zero-order valence-corrected chi connectivity index (χ0v) is 7.23. The molecule has 0 spiro atoms. The maximum absolute atomic E-state index is 10.7. The summed E-state index contributed by atoms with van der Waals surface area (Å²) in [5.74, 6) is -0.770. The van der Waals surface area contributed by atoms with E-state index in [1.54, 1.807) is 0 Å². The number of rotatable bonds is 3. The minimum atomic E-state index is -0.720. The second-order valence-corrected chi connectivity index (χ2v) is 3.41. The molecule has 1 aliphatic rings. The van der Waals surface area contributed by atoms with Gasteiger partial charge in [0.05, 0.1) is 12.5 Å². The standard InChI is InChI=1S/C8H15NO3/c1-6-4-9(2-3-10)5-7(6)8(11)12/h6-7,10H,2-5H2,1H3,(H,11,12)/t6-,7-/m1/s1. The van der Waals surface area contributed by atoms with E-state index in [-0.39, 0.29) is 18.4 Å². The fraction of sp³-hybridized carbons (Fsp3) is 0.875. The summed E-state index contributed by atoms with van der Waals surface area (Å²) in [6.07, 6.45) is 0. The first-order chi connectivity index (χ1) is 5.65. The van der Waals surface area contributed by atoms with Crippen LogP contribution in [0.5, 0.6) is 0 Å². The molecule has 70 valence electrons. The average Bonchev–Trinajstić information content (AvgIpc) is 2.32. The molecular formula is C8H15NO3. The lowest BCUT2D eigenvalue weighted by Gasteiger charge is -2.12. The van der Waals surface area contributed by atoms with E-state index in [0.717, 1.165) is 6.54 Å². The summed E-state index contributed by atoms with van der Waals surface area (Å²) in [6, 6.07) is 0. The van der Waals surface area contributed by atoms with Crippen molar-refractivity contribution in [2.24, 2.45) is 11.8 Å². The Balaban J connectivity index is 2.44. The lowest BCUT2D eigenvalue weighted by molar-refractivity contribution is -0.142. The smallest absolute Gasteiger partial charge is 0.308 e. The number of nitrogens with zero attached hydrogens (tertiary/aromatic N) is 1. The Morgan fingerprint density at radius 3 is 2.67 bits per heavy atom. The molecule has 4 heteroatoms. The second kappa shape index (κ2) is 3.87. The summed E-state index contributed by atoms with van der Waals surface area (Å²) in [5, 5.41) is 17.4. The molecule has 0 amide bonds. The molecule has 0 aromatic rings.